The third-order valence-electron chi connectivity index (χ3n) is 4.94. The minimum absolute atomic E-state index is 0.721. The van der Waals surface area contributed by atoms with Crippen molar-refractivity contribution in [1.29, 1.82) is 0 Å². The fourth-order valence-corrected chi connectivity index (χ4v) is 4.23. The van der Waals surface area contributed by atoms with Gasteiger partial charge in [0.05, 0.1) is 12.7 Å². The monoisotopic (exact) mass is 403 g/mol. The first-order chi connectivity index (χ1) is 14.2. The lowest BCUT2D eigenvalue weighted by Crippen LogP contribution is -2.08. The first-order valence-corrected chi connectivity index (χ1v) is 10.5. The summed E-state index contributed by atoms with van der Waals surface area (Å²) < 4.78 is 0. The van der Waals surface area contributed by atoms with Crippen molar-refractivity contribution < 1.29 is 0 Å². The zero-order valence-electron chi connectivity index (χ0n) is 16.9. The average molecular weight is 404 g/mol. The van der Waals surface area contributed by atoms with Gasteiger partial charge in [-0.05, 0) is 47.3 Å². The third-order valence-corrected chi connectivity index (χ3v) is 5.88. The normalized spacial score (nSPS) is 11.0. The van der Waals surface area contributed by atoms with Crippen LogP contribution in [0.3, 0.4) is 0 Å². The molecular weight excluding hydrogens is 378 g/mol. The molecule has 0 bridgehead atoms. The fourth-order valence-electron chi connectivity index (χ4n) is 3.41. The van der Waals surface area contributed by atoms with E-state index in [1.54, 1.807) is 11.3 Å². The van der Waals surface area contributed by atoms with Crippen molar-refractivity contribution in [3.8, 4) is 11.1 Å². The number of hydrogen-bond donors (Lipinski definition) is 2. The highest BCUT2D eigenvalue weighted by atomic mass is 32.1. The summed E-state index contributed by atoms with van der Waals surface area (Å²) in [5.74, 6) is 0.816. The zero-order chi connectivity index (χ0) is 20.2. The number of rotatable bonds is 7. The van der Waals surface area contributed by atoms with Crippen LogP contribution < -0.4 is 15.5 Å². The fraction of sp³-hybridized carbons (Fsp3) is 0.217. The van der Waals surface area contributed by atoms with Crippen molar-refractivity contribution in [3.05, 3.63) is 70.5 Å². The molecule has 0 unspecified atom stereocenters. The Hall–Kier alpha value is -2.96. The molecule has 0 saturated heterocycles. The van der Waals surface area contributed by atoms with Crippen LogP contribution in [0.1, 0.15) is 10.4 Å². The highest BCUT2D eigenvalue weighted by molar-refractivity contribution is 7.10. The second kappa shape index (κ2) is 8.59. The van der Waals surface area contributed by atoms with Crippen LogP contribution in [-0.2, 0) is 13.1 Å². The van der Waals surface area contributed by atoms with E-state index in [1.165, 1.54) is 21.6 Å². The Labute approximate surface area is 175 Å². The van der Waals surface area contributed by atoms with Gasteiger partial charge in [0.1, 0.15) is 0 Å². The summed E-state index contributed by atoms with van der Waals surface area (Å²) in [7, 11) is 6.07. The van der Waals surface area contributed by atoms with Gasteiger partial charge in [-0.25, -0.2) is 0 Å². The third kappa shape index (κ3) is 4.23. The molecule has 0 radical (unpaired) electrons. The van der Waals surface area contributed by atoms with Gasteiger partial charge in [0, 0.05) is 42.0 Å². The van der Waals surface area contributed by atoms with Gasteiger partial charge >= 0.3 is 0 Å². The second-order valence-electron chi connectivity index (χ2n) is 7.20. The van der Waals surface area contributed by atoms with E-state index in [1.807, 2.05) is 27.3 Å². The minimum atomic E-state index is 0.721. The molecular formula is C23H25N5S. The summed E-state index contributed by atoms with van der Waals surface area (Å²) in [6, 6.07) is 17.1. The molecule has 2 aromatic carbocycles. The number of thiophene rings is 1. The lowest BCUT2D eigenvalue weighted by Gasteiger charge is -2.14. The minimum Gasteiger partial charge on any atom is -0.378 e. The van der Waals surface area contributed by atoms with Gasteiger partial charge in [-0.1, -0.05) is 30.3 Å². The number of fused-ring (bicyclic) bond motifs is 1. The Bertz CT molecular complexity index is 1120. The molecule has 4 rings (SSSR count). The second-order valence-corrected chi connectivity index (χ2v) is 8.20. The predicted molar refractivity (Wildman–Crippen MR) is 124 cm³/mol. The molecule has 0 aliphatic carbocycles. The molecule has 2 N–H and O–H groups in total. The molecule has 2 aromatic heterocycles. The highest BCUT2D eigenvalue weighted by Gasteiger charge is 2.09. The van der Waals surface area contributed by atoms with Gasteiger partial charge in [0.25, 0.3) is 0 Å². The molecule has 2 heterocycles. The van der Waals surface area contributed by atoms with E-state index < -0.39 is 0 Å². The Kier molecular flexibility index (Phi) is 5.74. The van der Waals surface area contributed by atoms with Gasteiger partial charge in [0.2, 0.25) is 0 Å². The van der Waals surface area contributed by atoms with Crippen molar-refractivity contribution in [3.63, 3.8) is 0 Å². The van der Waals surface area contributed by atoms with Crippen LogP contribution in [0.4, 0.5) is 11.5 Å². The molecule has 0 fully saturated rings. The quantitative estimate of drug-likeness (QED) is 0.466. The van der Waals surface area contributed by atoms with Gasteiger partial charge < -0.3 is 15.5 Å². The van der Waals surface area contributed by atoms with E-state index in [0.29, 0.717) is 0 Å². The molecule has 0 spiro atoms. The van der Waals surface area contributed by atoms with Gasteiger partial charge in [-0.2, -0.15) is 5.10 Å². The van der Waals surface area contributed by atoms with Crippen molar-refractivity contribution in [1.82, 2.24) is 15.5 Å². The summed E-state index contributed by atoms with van der Waals surface area (Å²) in [4.78, 5) is 3.36. The number of nitrogens with one attached hydrogen (secondary N) is 2. The molecule has 148 valence electrons. The predicted octanol–water partition coefficient (Wildman–Crippen LogP) is 4.76. The summed E-state index contributed by atoms with van der Waals surface area (Å²) in [6.07, 6.45) is 1.81. The number of anilines is 2. The maximum Gasteiger partial charge on any atom is 0.156 e. The number of hydrogen-bond acceptors (Lipinski definition) is 6. The topological polar surface area (TPSA) is 53.1 Å². The zero-order valence-corrected chi connectivity index (χ0v) is 17.8. The molecule has 0 aliphatic heterocycles. The smallest absolute Gasteiger partial charge is 0.156 e. The number of benzene rings is 2. The van der Waals surface area contributed by atoms with Crippen LogP contribution in [0.2, 0.25) is 0 Å². The van der Waals surface area contributed by atoms with E-state index >= 15 is 0 Å². The van der Waals surface area contributed by atoms with Crippen LogP contribution in [-0.4, -0.2) is 31.3 Å². The molecule has 6 heteroatoms. The van der Waals surface area contributed by atoms with Crippen LogP contribution in [0.15, 0.2) is 60.1 Å². The molecule has 0 saturated carbocycles. The van der Waals surface area contributed by atoms with E-state index in [-0.39, 0.29) is 0 Å². The SMILES string of the molecule is CNCc1ccccc1-c1csc(CNc2nncc3ccc(N(C)C)cc23)c1. The van der Waals surface area contributed by atoms with Crippen molar-refractivity contribution in [2.45, 2.75) is 13.1 Å². The van der Waals surface area contributed by atoms with Crippen LogP contribution in [0, 0.1) is 0 Å². The summed E-state index contributed by atoms with van der Waals surface area (Å²) in [5, 5.41) is 19.6. The van der Waals surface area contributed by atoms with E-state index in [0.717, 1.165) is 35.4 Å². The molecule has 0 atom stereocenters. The molecule has 5 nitrogen and oxygen atoms in total. The molecule has 29 heavy (non-hydrogen) atoms. The van der Waals surface area contributed by atoms with E-state index in [4.69, 9.17) is 0 Å². The highest BCUT2D eigenvalue weighted by Crippen LogP contribution is 2.30. The Morgan fingerprint density at radius 2 is 1.90 bits per heavy atom. The first-order valence-electron chi connectivity index (χ1n) is 9.62. The lowest BCUT2D eigenvalue weighted by molar-refractivity contribution is 0.819. The van der Waals surface area contributed by atoms with Gasteiger partial charge in [0.15, 0.2) is 5.82 Å². The van der Waals surface area contributed by atoms with Gasteiger partial charge in [-0.15, -0.1) is 16.4 Å². The summed E-state index contributed by atoms with van der Waals surface area (Å²) in [5.41, 5.74) is 5.00. The van der Waals surface area contributed by atoms with Crippen molar-refractivity contribution in [2.24, 2.45) is 0 Å². The first kappa shape index (κ1) is 19.4. The maximum absolute atomic E-state index is 4.34. The molecule has 0 aliphatic rings. The number of nitrogens with zero attached hydrogens (tertiary/aromatic N) is 3. The van der Waals surface area contributed by atoms with Crippen molar-refractivity contribution in [2.75, 3.05) is 31.4 Å². The standard InChI is InChI=1S/C23H25N5S/c1-24-12-16-6-4-5-7-21(16)18-10-20(29-15-18)14-25-23-22-11-19(28(2)3)9-8-17(22)13-26-27-23/h4-11,13,15,24H,12,14H2,1-3H3,(H,25,27). The molecule has 4 aromatic rings. The number of aromatic nitrogens is 2. The largest absolute Gasteiger partial charge is 0.378 e. The Balaban J connectivity index is 1.56. The molecule has 0 amide bonds. The Morgan fingerprint density at radius 3 is 2.72 bits per heavy atom. The van der Waals surface area contributed by atoms with Gasteiger partial charge in [-0.3, -0.25) is 0 Å². The van der Waals surface area contributed by atoms with E-state index in [2.05, 4.69) is 79.6 Å². The van der Waals surface area contributed by atoms with Crippen LogP contribution in [0.5, 0.6) is 0 Å². The average Bonchev–Trinajstić information content (AvgIpc) is 3.21. The Morgan fingerprint density at radius 1 is 1.03 bits per heavy atom. The van der Waals surface area contributed by atoms with Crippen molar-refractivity contribution >= 4 is 33.6 Å². The summed E-state index contributed by atoms with van der Waals surface area (Å²) >= 11 is 1.76. The summed E-state index contributed by atoms with van der Waals surface area (Å²) in [6.45, 7) is 1.58. The lowest BCUT2D eigenvalue weighted by atomic mass is 10.0. The van der Waals surface area contributed by atoms with Crippen LogP contribution in [0.25, 0.3) is 21.9 Å². The van der Waals surface area contributed by atoms with Crippen LogP contribution >= 0.6 is 11.3 Å². The van der Waals surface area contributed by atoms with E-state index in [9.17, 15) is 0 Å². The maximum atomic E-state index is 4.34.